The molecule has 0 bridgehead atoms. The van der Waals surface area contributed by atoms with Crippen LogP contribution in [0, 0.1) is 0 Å². The van der Waals surface area contributed by atoms with Gasteiger partial charge in [0.15, 0.2) is 11.5 Å². The third-order valence-corrected chi connectivity index (χ3v) is 2.46. The number of ether oxygens (including phenoxy) is 2. The molecule has 1 aromatic carbocycles. The number of nitrogens with one attached hydrogen (secondary N) is 1. The Hall–Kier alpha value is -1.68. The molecular formula is C13H16ClNO3. The van der Waals surface area contributed by atoms with E-state index < -0.39 is 0 Å². The van der Waals surface area contributed by atoms with Crippen LogP contribution in [0.25, 0.3) is 0 Å². The Morgan fingerprint density at radius 2 is 2.00 bits per heavy atom. The van der Waals surface area contributed by atoms with Crippen LogP contribution in [0.15, 0.2) is 30.4 Å². The molecule has 0 aliphatic carbocycles. The highest BCUT2D eigenvalue weighted by atomic mass is 35.5. The van der Waals surface area contributed by atoms with Crippen LogP contribution in [0.3, 0.4) is 0 Å². The summed E-state index contributed by atoms with van der Waals surface area (Å²) in [6.45, 7) is 0.444. The lowest BCUT2D eigenvalue weighted by Gasteiger charge is -2.09. The fraction of sp³-hybridized carbons (Fsp3) is 0.308. The molecule has 4 nitrogen and oxygen atoms in total. The summed E-state index contributed by atoms with van der Waals surface area (Å²) >= 11 is 5.48. The molecule has 0 aliphatic heterocycles. The zero-order valence-electron chi connectivity index (χ0n) is 10.4. The van der Waals surface area contributed by atoms with E-state index in [4.69, 9.17) is 21.1 Å². The van der Waals surface area contributed by atoms with Crippen molar-refractivity contribution in [2.24, 2.45) is 0 Å². The molecule has 0 saturated carbocycles. The van der Waals surface area contributed by atoms with Crippen molar-refractivity contribution < 1.29 is 14.3 Å². The lowest BCUT2D eigenvalue weighted by Crippen LogP contribution is -2.23. The molecule has 1 rings (SSSR count). The van der Waals surface area contributed by atoms with Crippen LogP contribution in [-0.4, -0.2) is 32.6 Å². The molecule has 0 spiro atoms. The van der Waals surface area contributed by atoms with Crippen LogP contribution in [0.2, 0.25) is 0 Å². The summed E-state index contributed by atoms with van der Waals surface area (Å²) < 4.78 is 10.2. The van der Waals surface area contributed by atoms with Gasteiger partial charge in [-0.3, -0.25) is 4.79 Å². The number of allylic oxidation sites excluding steroid dienone is 1. The molecule has 0 aliphatic rings. The van der Waals surface area contributed by atoms with Crippen molar-refractivity contribution >= 4 is 17.5 Å². The molecule has 0 saturated heterocycles. The van der Waals surface area contributed by atoms with Gasteiger partial charge in [-0.1, -0.05) is 12.2 Å². The third kappa shape index (κ3) is 3.96. The van der Waals surface area contributed by atoms with Gasteiger partial charge in [-0.25, -0.2) is 0 Å². The number of rotatable bonds is 6. The number of carbonyl (C=O) groups excluding carboxylic acids is 1. The van der Waals surface area contributed by atoms with E-state index in [1.54, 1.807) is 37.5 Å². The number of carbonyl (C=O) groups is 1. The summed E-state index contributed by atoms with van der Waals surface area (Å²) in [6.07, 6.45) is 3.57. The Bertz CT molecular complexity index is 432. The predicted molar refractivity (Wildman–Crippen MR) is 71.7 cm³/mol. The van der Waals surface area contributed by atoms with E-state index in [9.17, 15) is 4.79 Å². The Morgan fingerprint density at radius 3 is 2.61 bits per heavy atom. The summed E-state index contributed by atoms with van der Waals surface area (Å²) in [4.78, 5) is 11.8. The zero-order chi connectivity index (χ0) is 13.4. The topological polar surface area (TPSA) is 47.6 Å². The van der Waals surface area contributed by atoms with Gasteiger partial charge in [-0.15, -0.1) is 11.6 Å². The molecule has 0 aromatic heterocycles. The number of hydrogen-bond donors (Lipinski definition) is 1. The maximum atomic E-state index is 11.8. The largest absolute Gasteiger partial charge is 0.493 e. The van der Waals surface area contributed by atoms with E-state index in [1.165, 1.54) is 7.11 Å². The summed E-state index contributed by atoms with van der Waals surface area (Å²) in [5.41, 5.74) is 0.520. The molecule has 1 amide bonds. The quantitative estimate of drug-likeness (QED) is 0.636. The van der Waals surface area contributed by atoms with Crippen LogP contribution in [0.1, 0.15) is 10.4 Å². The molecule has 0 atom stereocenters. The summed E-state index contributed by atoms with van der Waals surface area (Å²) in [6, 6.07) is 5.02. The predicted octanol–water partition coefficient (Wildman–Crippen LogP) is 2.23. The van der Waals surface area contributed by atoms with Crippen LogP contribution in [0.4, 0.5) is 0 Å². The van der Waals surface area contributed by atoms with E-state index in [1.807, 2.05) is 0 Å². The van der Waals surface area contributed by atoms with E-state index in [0.29, 0.717) is 29.5 Å². The lowest BCUT2D eigenvalue weighted by atomic mass is 10.2. The van der Waals surface area contributed by atoms with Crippen LogP contribution in [-0.2, 0) is 0 Å². The van der Waals surface area contributed by atoms with Crippen molar-refractivity contribution in [2.45, 2.75) is 0 Å². The Kier molecular flexibility index (Phi) is 6.08. The summed E-state index contributed by atoms with van der Waals surface area (Å²) in [5.74, 6) is 1.39. The van der Waals surface area contributed by atoms with Crippen molar-refractivity contribution in [3.63, 3.8) is 0 Å². The SMILES string of the molecule is COc1ccc(C(=O)NC/C=C/CCl)cc1OC. The van der Waals surface area contributed by atoms with Gasteiger partial charge in [0.05, 0.1) is 14.2 Å². The van der Waals surface area contributed by atoms with E-state index >= 15 is 0 Å². The van der Waals surface area contributed by atoms with E-state index in [-0.39, 0.29) is 5.91 Å². The average Bonchev–Trinajstić information content (AvgIpc) is 2.42. The van der Waals surface area contributed by atoms with Gasteiger partial charge >= 0.3 is 0 Å². The molecule has 1 N–H and O–H groups in total. The second-order valence-electron chi connectivity index (χ2n) is 3.41. The average molecular weight is 270 g/mol. The fourth-order valence-corrected chi connectivity index (χ4v) is 1.50. The van der Waals surface area contributed by atoms with Gasteiger partial charge < -0.3 is 14.8 Å². The highest BCUT2D eigenvalue weighted by Crippen LogP contribution is 2.27. The maximum absolute atomic E-state index is 11.8. The van der Waals surface area contributed by atoms with Gasteiger partial charge in [-0.2, -0.15) is 0 Å². The van der Waals surface area contributed by atoms with Crippen molar-refractivity contribution in [3.05, 3.63) is 35.9 Å². The fourth-order valence-electron chi connectivity index (χ4n) is 1.38. The molecule has 18 heavy (non-hydrogen) atoms. The van der Waals surface area contributed by atoms with Gasteiger partial charge in [0.2, 0.25) is 0 Å². The van der Waals surface area contributed by atoms with Gasteiger partial charge in [0.25, 0.3) is 5.91 Å². The first kappa shape index (κ1) is 14.4. The highest BCUT2D eigenvalue weighted by molar-refractivity contribution is 6.18. The Labute approximate surface area is 112 Å². The van der Waals surface area contributed by atoms with E-state index in [2.05, 4.69) is 5.32 Å². The first-order valence-corrected chi connectivity index (χ1v) is 5.97. The second-order valence-corrected chi connectivity index (χ2v) is 3.71. The lowest BCUT2D eigenvalue weighted by molar-refractivity contribution is 0.0957. The molecule has 5 heteroatoms. The van der Waals surface area contributed by atoms with Crippen molar-refractivity contribution in [1.82, 2.24) is 5.32 Å². The second kappa shape index (κ2) is 7.61. The zero-order valence-corrected chi connectivity index (χ0v) is 11.2. The number of amides is 1. The molecule has 98 valence electrons. The Balaban J connectivity index is 2.71. The standard InChI is InChI=1S/C13H16ClNO3/c1-17-11-6-5-10(9-12(11)18-2)13(16)15-8-4-3-7-14/h3-6,9H,7-8H2,1-2H3,(H,15,16)/b4-3+. The van der Waals surface area contributed by atoms with Gasteiger partial charge in [-0.05, 0) is 18.2 Å². The van der Waals surface area contributed by atoms with Crippen molar-refractivity contribution in [3.8, 4) is 11.5 Å². The Morgan fingerprint density at radius 1 is 1.28 bits per heavy atom. The first-order chi connectivity index (χ1) is 8.72. The van der Waals surface area contributed by atoms with E-state index in [0.717, 1.165) is 0 Å². The summed E-state index contributed by atoms with van der Waals surface area (Å²) in [5, 5.41) is 2.74. The summed E-state index contributed by atoms with van der Waals surface area (Å²) in [7, 11) is 3.08. The number of halogens is 1. The minimum atomic E-state index is -0.171. The maximum Gasteiger partial charge on any atom is 0.251 e. The molecule has 1 aromatic rings. The minimum absolute atomic E-state index is 0.171. The molecule has 0 radical (unpaired) electrons. The minimum Gasteiger partial charge on any atom is -0.493 e. The molecular weight excluding hydrogens is 254 g/mol. The van der Waals surface area contributed by atoms with Crippen LogP contribution >= 0.6 is 11.6 Å². The van der Waals surface area contributed by atoms with Crippen molar-refractivity contribution in [1.29, 1.82) is 0 Å². The van der Waals surface area contributed by atoms with Gasteiger partial charge in [0.1, 0.15) is 0 Å². The monoisotopic (exact) mass is 269 g/mol. The van der Waals surface area contributed by atoms with Crippen LogP contribution < -0.4 is 14.8 Å². The highest BCUT2D eigenvalue weighted by Gasteiger charge is 2.09. The first-order valence-electron chi connectivity index (χ1n) is 5.44. The van der Waals surface area contributed by atoms with Gasteiger partial charge in [0, 0.05) is 18.0 Å². The molecule has 0 heterocycles. The normalized spacial score (nSPS) is 10.4. The smallest absolute Gasteiger partial charge is 0.251 e. The number of hydrogen-bond acceptors (Lipinski definition) is 3. The van der Waals surface area contributed by atoms with Crippen molar-refractivity contribution in [2.75, 3.05) is 26.6 Å². The molecule has 0 fully saturated rings. The third-order valence-electron chi connectivity index (χ3n) is 2.28. The van der Waals surface area contributed by atoms with Crippen LogP contribution in [0.5, 0.6) is 11.5 Å². The number of alkyl halides is 1. The molecule has 0 unspecified atom stereocenters. The number of benzene rings is 1. The number of methoxy groups -OCH3 is 2.